The molecule has 0 saturated carbocycles. The van der Waals surface area contributed by atoms with Crippen molar-refractivity contribution in [2.24, 2.45) is 5.92 Å². The van der Waals surface area contributed by atoms with Gasteiger partial charge in [-0.05, 0) is 50.5 Å². The SMILES string of the molecule is CC1CN(c2ccc(C(F)(F)F)cn2)CC(C)N1[S+]([O-])c1cccc2c1CC(C(=O)O)C2. The van der Waals surface area contributed by atoms with Gasteiger partial charge in [0.2, 0.25) is 0 Å². The van der Waals surface area contributed by atoms with Gasteiger partial charge in [0, 0.05) is 24.8 Å². The molecule has 1 aliphatic carbocycles. The average molecular weight is 468 g/mol. The van der Waals surface area contributed by atoms with Crippen LogP contribution in [0.15, 0.2) is 41.4 Å². The molecular weight excluding hydrogens is 443 g/mol. The molecule has 2 aliphatic rings. The van der Waals surface area contributed by atoms with Crippen LogP contribution in [0.2, 0.25) is 0 Å². The summed E-state index contributed by atoms with van der Waals surface area (Å²) in [7, 11) is 0. The second-order valence-corrected chi connectivity index (χ2v) is 9.81. The van der Waals surface area contributed by atoms with E-state index in [1.54, 1.807) is 6.07 Å². The maximum Gasteiger partial charge on any atom is 0.417 e. The van der Waals surface area contributed by atoms with E-state index < -0.39 is 35.0 Å². The molecule has 1 saturated heterocycles. The van der Waals surface area contributed by atoms with E-state index in [1.807, 2.05) is 35.2 Å². The van der Waals surface area contributed by atoms with E-state index in [1.165, 1.54) is 6.07 Å². The van der Waals surface area contributed by atoms with Gasteiger partial charge in [-0.1, -0.05) is 12.1 Å². The van der Waals surface area contributed by atoms with Gasteiger partial charge in [-0.2, -0.15) is 13.2 Å². The third-order valence-electron chi connectivity index (χ3n) is 6.11. The molecule has 4 atom stereocenters. The third-order valence-corrected chi connectivity index (χ3v) is 7.97. The molecule has 0 amide bonds. The number of alkyl halides is 3. The molecule has 2 aromatic rings. The normalized spacial score (nSPS) is 24.9. The number of pyridine rings is 1. The number of aliphatic carboxylic acids is 1. The second kappa shape index (κ2) is 8.57. The van der Waals surface area contributed by atoms with Crippen molar-refractivity contribution < 1.29 is 27.6 Å². The van der Waals surface area contributed by atoms with Crippen LogP contribution in [-0.4, -0.2) is 50.1 Å². The van der Waals surface area contributed by atoms with Gasteiger partial charge in [0.1, 0.15) is 5.82 Å². The fraction of sp³-hybridized carbons (Fsp3) is 0.455. The first-order valence-corrected chi connectivity index (χ1v) is 11.5. The Kier molecular flexibility index (Phi) is 6.12. The molecule has 0 bridgehead atoms. The lowest BCUT2D eigenvalue weighted by atomic mass is 10.1. The quantitative estimate of drug-likeness (QED) is 0.694. The zero-order chi connectivity index (χ0) is 23.2. The summed E-state index contributed by atoms with van der Waals surface area (Å²) >= 11 is -1.48. The lowest BCUT2D eigenvalue weighted by molar-refractivity contribution is -0.141. The summed E-state index contributed by atoms with van der Waals surface area (Å²) in [4.78, 5) is 18.0. The lowest BCUT2D eigenvalue weighted by Crippen LogP contribution is -2.58. The topological polar surface area (TPSA) is 79.7 Å². The van der Waals surface area contributed by atoms with Gasteiger partial charge in [-0.3, -0.25) is 4.79 Å². The van der Waals surface area contributed by atoms with Gasteiger partial charge in [-0.25, -0.2) is 4.98 Å². The molecule has 1 fully saturated rings. The minimum atomic E-state index is -4.43. The zero-order valence-electron chi connectivity index (χ0n) is 17.7. The Balaban J connectivity index is 1.52. The molecule has 10 heteroatoms. The molecule has 0 spiro atoms. The third kappa shape index (κ3) is 4.31. The van der Waals surface area contributed by atoms with Crippen LogP contribution in [0, 0.1) is 5.92 Å². The van der Waals surface area contributed by atoms with E-state index in [0.29, 0.717) is 36.6 Å². The second-order valence-electron chi connectivity index (χ2n) is 8.45. The van der Waals surface area contributed by atoms with Gasteiger partial charge in [0.15, 0.2) is 4.90 Å². The van der Waals surface area contributed by atoms with Crippen LogP contribution in [0.5, 0.6) is 0 Å². The first-order chi connectivity index (χ1) is 15.1. The number of carbonyl (C=O) groups is 1. The Hall–Kier alpha value is -2.30. The monoisotopic (exact) mass is 467 g/mol. The Morgan fingerprint density at radius 2 is 1.84 bits per heavy atom. The molecule has 1 aliphatic heterocycles. The van der Waals surface area contributed by atoms with E-state index in [-0.39, 0.29) is 12.1 Å². The number of hydrogen-bond acceptors (Lipinski definition) is 5. The van der Waals surface area contributed by atoms with Crippen LogP contribution in [0.3, 0.4) is 0 Å². The first-order valence-electron chi connectivity index (χ1n) is 10.4. The molecule has 1 N–H and O–H groups in total. The minimum absolute atomic E-state index is 0.156. The summed E-state index contributed by atoms with van der Waals surface area (Å²) in [5.41, 5.74) is 0.986. The molecule has 172 valence electrons. The fourth-order valence-electron chi connectivity index (χ4n) is 4.63. The van der Waals surface area contributed by atoms with Crippen molar-refractivity contribution in [1.29, 1.82) is 0 Å². The van der Waals surface area contributed by atoms with Crippen LogP contribution in [-0.2, 0) is 35.2 Å². The number of rotatable bonds is 4. The maximum absolute atomic E-state index is 13.6. The van der Waals surface area contributed by atoms with Crippen LogP contribution in [0.25, 0.3) is 0 Å². The molecule has 32 heavy (non-hydrogen) atoms. The summed E-state index contributed by atoms with van der Waals surface area (Å²) in [6.45, 7) is 4.77. The van der Waals surface area contributed by atoms with Gasteiger partial charge in [-0.15, -0.1) is 4.31 Å². The van der Waals surface area contributed by atoms with Crippen molar-refractivity contribution in [2.45, 2.75) is 49.8 Å². The molecular formula is C22H24F3N3O3S. The highest BCUT2D eigenvalue weighted by molar-refractivity contribution is 7.89. The van der Waals surface area contributed by atoms with Crippen molar-refractivity contribution in [2.75, 3.05) is 18.0 Å². The van der Waals surface area contributed by atoms with Gasteiger partial charge >= 0.3 is 12.1 Å². The predicted octanol–water partition coefficient (Wildman–Crippen LogP) is 3.52. The molecule has 6 nitrogen and oxygen atoms in total. The Labute approximate surface area is 187 Å². The molecule has 1 aromatic heterocycles. The highest BCUT2D eigenvalue weighted by Gasteiger charge is 2.41. The number of hydrogen-bond donors (Lipinski definition) is 1. The van der Waals surface area contributed by atoms with Crippen molar-refractivity contribution in [1.82, 2.24) is 9.29 Å². The number of aromatic nitrogens is 1. The van der Waals surface area contributed by atoms with Gasteiger partial charge < -0.3 is 14.6 Å². The minimum Gasteiger partial charge on any atom is -0.593 e. The molecule has 2 heterocycles. The number of halogens is 3. The van der Waals surface area contributed by atoms with E-state index in [9.17, 15) is 27.6 Å². The van der Waals surface area contributed by atoms with E-state index in [2.05, 4.69) is 4.98 Å². The van der Waals surface area contributed by atoms with E-state index in [4.69, 9.17) is 0 Å². The standard InChI is InChI=1S/C22H24F3N3O3S/c1-13-11-27(20-7-6-17(10-26-20)22(23,24)25)12-14(2)28(13)32(31)19-5-3-4-15-8-16(21(29)30)9-18(15)19/h3-7,10,13-14,16H,8-9,11-12H2,1-2H3,(H,29,30). The number of nitrogens with zero attached hydrogens (tertiary/aromatic N) is 3. The van der Waals surface area contributed by atoms with Crippen molar-refractivity contribution >= 4 is 23.1 Å². The number of fused-ring (bicyclic) bond motifs is 1. The first kappa shape index (κ1) is 22.9. The summed E-state index contributed by atoms with van der Waals surface area (Å²) < 4.78 is 53.9. The predicted molar refractivity (Wildman–Crippen MR) is 114 cm³/mol. The highest BCUT2D eigenvalue weighted by Crippen LogP contribution is 2.36. The zero-order valence-corrected chi connectivity index (χ0v) is 18.5. The van der Waals surface area contributed by atoms with Crippen molar-refractivity contribution in [3.63, 3.8) is 0 Å². The number of benzene rings is 1. The lowest BCUT2D eigenvalue weighted by Gasteiger charge is -2.43. The number of carboxylic acids is 1. The van der Waals surface area contributed by atoms with Crippen LogP contribution < -0.4 is 4.90 Å². The van der Waals surface area contributed by atoms with E-state index >= 15 is 0 Å². The Morgan fingerprint density at radius 1 is 1.16 bits per heavy atom. The Morgan fingerprint density at radius 3 is 2.41 bits per heavy atom. The summed E-state index contributed by atoms with van der Waals surface area (Å²) in [6.07, 6.45) is -2.79. The summed E-state index contributed by atoms with van der Waals surface area (Å²) in [6, 6.07) is 7.57. The van der Waals surface area contributed by atoms with Crippen LogP contribution in [0.4, 0.5) is 19.0 Å². The molecule has 0 radical (unpaired) electrons. The van der Waals surface area contributed by atoms with Crippen LogP contribution >= 0.6 is 0 Å². The largest absolute Gasteiger partial charge is 0.593 e. The molecule has 4 unspecified atom stereocenters. The number of anilines is 1. The summed E-state index contributed by atoms with van der Waals surface area (Å²) in [5, 5.41) is 9.39. The number of piperazine rings is 1. The average Bonchev–Trinajstić information content (AvgIpc) is 3.17. The van der Waals surface area contributed by atoms with Gasteiger partial charge in [0.25, 0.3) is 0 Å². The highest BCUT2D eigenvalue weighted by atomic mass is 32.2. The van der Waals surface area contributed by atoms with Crippen LogP contribution in [0.1, 0.15) is 30.5 Å². The summed E-state index contributed by atoms with van der Waals surface area (Å²) in [5.74, 6) is -0.898. The molecule has 1 aromatic carbocycles. The molecule has 4 rings (SSSR count). The fourth-order valence-corrected chi connectivity index (χ4v) is 6.27. The van der Waals surface area contributed by atoms with Gasteiger partial charge in [0.05, 0.1) is 34.9 Å². The Bertz CT molecular complexity index is 990. The van der Waals surface area contributed by atoms with E-state index in [0.717, 1.165) is 23.4 Å². The number of carboxylic acid groups (broad SMARTS) is 1. The smallest absolute Gasteiger partial charge is 0.417 e. The van der Waals surface area contributed by atoms with Crippen molar-refractivity contribution in [3.8, 4) is 0 Å². The van der Waals surface area contributed by atoms with Crippen molar-refractivity contribution in [3.05, 3.63) is 53.2 Å². The maximum atomic E-state index is 13.6.